The zero-order valence-electron chi connectivity index (χ0n) is 13.8. The van der Waals surface area contributed by atoms with Crippen LogP contribution in [-0.2, 0) is 12.0 Å². The Morgan fingerprint density at radius 2 is 2.00 bits per heavy atom. The minimum Gasteiger partial charge on any atom is -0.496 e. The molecule has 120 valence electrons. The number of nitrogens with zero attached hydrogens (tertiary/aromatic N) is 4. The van der Waals surface area contributed by atoms with E-state index >= 15 is 0 Å². The van der Waals surface area contributed by atoms with Gasteiger partial charge in [0.1, 0.15) is 16.5 Å². The molecule has 0 spiro atoms. The van der Waals surface area contributed by atoms with E-state index < -0.39 is 0 Å². The lowest BCUT2D eigenvalue weighted by atomic mass is 9.93. The molecule has 0 unspecified atom stereocenters. The number of hydrogen-bond donors (Lipinski definition) is 0. The fraction of sp³-hybridized carbons (Fsp3) is 0.353. The maximum Gasteiger partial charge on any atom is 0.128 e. The molecule has 0 atom stereocenters. The predicted molar refractivity (Wildman–Crippen MR) is 91.9 cm³/mol. The summed E-state index contributed by atoms with van der Waals surface area (Å²) < 4.78 is 7.19. The molecule has 3 rings (SSSR count). The molecule has 0 saturated heterocycles. The summed E-state index contributed by atoms with van der Waals surface area (Å²) in [7, 11) is 1.66. The van der Waals surface area contributed by atoms with Crippen LogP contribution in [0.15, 0.2) is 35.8 Å². The van der Waals surface area contributed by atoms with E-state index in [2.05, 4.69) is 36.5 Å². The van der Waals surface area contributed by atoms with Crippen molar-refractivity contribution >= 4 is 11.3 Å². The fourth-order valence-electron chi connectivity index (χ4n) is 2.22. The van der Waals surface area contributed by atoms with Crippen molar-refractivity contribution < 1.29 is 4.74 Å². The smallest absolute Gasteiger partial charge is 0.128 e. The Kier molecular flexibility index (Phi) is 4.17. The van der Waals surface area contributed by atoms with Crippen molar-refractivity contribution in [2.75, 3.05) is 7.11 Å². The van der Waals surface area contributed by atoms with Crippen LogP contribution >= 0.6 is 11.3 Å². The molecular formula is C17H20N4OS. The minimum atomic E-state index is 0.0691. The van der Waals surface area contributed by atoms with Gasteiger partial charge < -0.3 is 4.74 Å². The van der Waals surface area contributed by atoms with Gasteiger partial charge in [-0.2, -0.15) is 0 Å². The number of thiazole rings is 1. The van der Waals surface area contributed by atoms with Gasteiger partial charge in [-0.15, -0.1) is 16.4 Å². The number of ether oxygens (including phenoxy) is 1. The maximum atomic E-state index is 5.38. The van der Waals surface area contributed by atoms with E-state index in [9.17, 15) is 0 Å². The van der Waals surface area contributed by atoms with Gasteiger partial charge in [0, 0.05) is 16.4 Å². The highest BCUT2D eigenvalue weighted by Crippen LogP contribution is 2.28. The lowest BCUT2D eigenvalue weighted by Crippen LogP contribution is -2.12. The monoisotopic (exact) mass is 328 g/mol. The van der Waals surface area contributed by atoms with Gasteiger partial charge in [-0.1, -0.05) is 38.1 Å². The number of para-hydroxylation sites is 1. The molecule has 0 aliphatic rings. The van der Waals surface area contributed by atoms with Crippen LogP contribution in [0.3, 0.4) is 0 Å². The zero-order valence-corrected chi connectivity index (χ0v) is 14.6. The topological polar surface area (TPSA) is 52.8 Å². The molecule has 0 saturated carbocycles. The third-order valence-electron chi connectivity index (χ3n) is 3.54. The van der Waals surface area contributed by atoms with Crippen LogP contribution in [0.4, 0.5) is 0 Å². The van der Waals surface area contributed by atoms with Gasteiger partial charge in [0.15, 0.2) is 0 Å². The van der Waals surface area contributed by atoms with Gasteiger partial charge in [-0.3, -0.25) is 0 Å². The Hall–Kier alpha value is -2.21. The summed E-state index contributed by atoms with van der Waals surface area (Å²) in [5.41, 5.74) is 2.92. The largest absolute Gasteiger partial charge is 0.496 e. The Balaban J connectivity index is 1.81. The highest BCUT2D eigenvalue weighted by molar-refractivity contribution is 7.09. The van der Waals surface area contributed by atoms with E-state index in [1.807, 2.05) is 35.1 Å². The van der Waals surface area contributed by atoms with Crippen molar-refractivity contribution in [3.05, 3.63) is 46.5 Å². The van der Waals surface area contributed by atoms with Crippen molar-refractivity contribution in [2.45, 2.75) is 32.7 Å². The second-order valence-corrected chi connectivity index (χ2v) is 7.32. The lowest BCUT2D eigenvalue weighted by molar-refractivity contribution is 0.416. The average Bonchev–Trinajstić information content (AvgIpc) is 3.16. The molecule has 0 bridgehead atoms. The molecule has 5 nitrogen and oxygen atoms in total. The summed E-state index contributed by atoms with van der Waals surface area (Å²) in [4.78, 5) is 4.70. The van der Waals surface area contributed by atoms with Crippen LogP contribution in [-0.4, -0.2) is 27.1 Å². The van der Waals surface area contributed by atoms with Crippen LogP contribution in [0.5, 0.6) is 5.75 Å². The number of aromatic nitrogens is 4. The molecule has 0 radical (unpaired) electrons. The van der Waals surface area contributed by atoms with Crippen molar-refractivity contribution in [1.82, 2.24) is 20.0 Å². The molecule has 23 heavy (non-hydrogen) atoms. The summed E-state index contributed by atoms with van der Waals surface area (Å²) in [6, 6.07) is 7.81. The summed E-state index contributed by atoms with van der Waals surface area (Å²) in [5, 5.41) is 11.6. The summed E-state index contributed by atoms with van der Waals surface area (Å²) in [5.74, 6) is 0.795. The van der Waals surface area contributed by atoms with Gasteiger partial charge >= 0.3 is 0 Å². The summed E-state index contributed by atoms with van der Waals surface area (Å²) in [6.45, 7) is 7.13. The average molecular weight is 328 g/mol. The Morgan fingerprint density at radius 3 is 2.70 bits per heavy atom. The van der Waals surface area contributed by atoms with E-state index in [-0.39, 0.29) is 5.41 Å². The first kappa shape index (κ1) is 15.7. The molecule has 0 amide bonds. The van der Waals surface area contributed by atoms with Gasteiger partial charge in [-0.05, 0) is 12.1 Å². The second-order valence-electron chi connectivity index (χ2n) is 6.38. The third-order valence-corrected chi connectivity index (χ3v) is 4.37. The van der Waals surface area contributed by atoms with Crippen LogP contribution in [0, 0.1) is 0 Å². The van der Waals surface area contributed by atoms with Crippen LogP contribution < -0.4 is 4.74 Å². The van der Waals surface area contributed by atoms with Crippen molar-refractivity contribution in [2.24, 2.45) is 0 Å². The van der Waals surface area contributed by atoms with Crippen LogP contribution in [0.25, 0.3) is 11.3 Å². The van der Waals surface area contributed by atoms with Gasteiger partial charge in [0.2, 0.25) is 0 Å². The minimum absolute atomic E-state index is 0.0691. The SMILES string of the molecule is COc1ccccc1-c1cn(Cc2nc(C(C)(C)C)cs2)nn1. The van der Waals surface area contributed by atoms with Gasteiger partial charge in [-0.25, -0.2) is 9.67 Å². The van der Waals surface area contributed by atoms with Crippen molar-refractivity contribution in [3.8, 4) is 17.0 Å². The van der Waals surface area contributed by atoms with Crippen LogP contribution in [0.2, 0.25) is 0 Å². The van der Waals surface area contributed by atoms with Gasteiger partial charge in [0.05, 0.1) is 25.5 Å². The molecule has 0 N–H and O–H groups in total. The molecule has 2 heterocycles. The van der Waals surface area contributed by atoms with E-state index in [0.29, 0.717) is 6.54 Å². The number of methoxy groups -OCH3 is 1. The fourth-order valence-corrected chi connectivity index (χ4v) is 3.23. The standard InChI is InChI=1S/C17H20N4OS/c1-17(2,3)15-11-23-16(18-15)10-21-9-13(19-20-21)12-7-5-6-8-14(12)22-4/h5-9,11H,10H2,1-4H3. The Morgan fingerprint density at radius 1 is 1.22 bits per heavy atom. The normalized spacial score (nSPS) is 11.7. The van der Waals surface area contributed by atoms with E-state index in [4.69, 9.17) is 9.72 Å². The van der Waals surface area contributed by atoms with Gasteiger partial charge in [0.25, 0.3) is 0 Å². The van der Waals surface area contributed by atoms with E-state index in [0.717, 1.165) is 27.7 Å². The van der Waals surface area contributed by atoms with Crippen molar-refractivity contribution in [1.29, 1.82) is 0 Å². The number of hydrogen-bond acceptors (Lipinski definition) is 5. The van der Waals surface area contributed by atoms with E-state index in [1.165, 1.54) is 0 Å². The molecule has 2 aromatic heterocycles. The molecule has 0 aliphatic carbocycles. The number of rotatable bonds is 4. The maximum absolute atomic E-state index is 5.38. The predicted octanol–water partition coefficient (Wildman–Crippen LogP) is 3.76. The highest BCUT2D eigenvalue weighted by atomic mass is 32.1. The quantitative estimate of drug-likeness (QED) is 0.732. The molecule has 3 aromatic rings. The first-order valence-electron chi connectivity index (χ1n) is 7.46. The number of benzene rings is 1. The third kappa shape index (κ3) is 3.42. The molecular weight excluding hydrogens is 308 g/mol. The Labute approximate surface area is 140 Å². The second kappa shape index (κ2) is 6.12. The lowest BCUT2D eigenvalue weighted by Gasteiger charge is -2.14. The zero-order chi connectivity index (χ0) is 16.4. The molecule has 1 aromatic carbocycles. The summed E-state index contributed by atoms with van der Waals surface area (Å²) >= 11 is 1.66. The summed E-state index contributed by atoms with van der Waals surface area (Å²) in [6.07, 6.45) is 1.93. The highest BCUT2D eigenvalue weighted by Gasteiger charge is 2.18. The first-order valence-corrected chi connectivity index (χ1v) is 8.34. The molecule has 0 aliphatic heterocycles. The molecule has 6 heteroatoms. The van der Waals surface area contributed by atoms with Crippen LogP contribution in [0.1, 0.15) is 31.5 Å². The van der Waals surface area contributed by atoms with Crippen molar-refractivity contribution in [3.63, 3.8) is 0 Å². The Bertz CT molecular complexity index is 801. The van der Waals surface area contributed by atoms with E-state index in [1.54, 1.807) is 18.4 Å². The first-order chi connectivity index (χ1) is 11.0. The molecule has 0 fully saturated rings.